The highest BCUT2D eigenvalue weighted by atomic mass is 16.5. The topological polar surface area (TPSA) is 103 Å². The van der Waals surface area contributed by atoms with E-state index in [0.717, 1.165) is 17.0 Å². The van der Waals surface area contributed by atoms with Gasteiger partial charge in [0, 0.05) is 30.7 Å². The third kappa shape index (κ3) is 6.84. The SMILES string of the molecule is COCCn1c(C)cc(/C=C(\C#N)C(=O)OC(C)C(=O)Nc2ccc(Oc3ccccc3)cc2)c1C. The van der Waals surface area contributed by atoms with Crippen LogP contribution in [0, 0.1) is 25.2 Å². The van der Waals surface area contributed by atoms with Gasteiger partial charge in [0.05, 0.1) is 6.61 Å². The molecule has 0 fully saturated rings. The molecule has 1 unspecified atom stereocenters. The summed E-state index contributed by atoms with van der Waals surface area (Å²) in [5.74, 6) is -0.0688. The molecule has 1 aromatic heterocycles. The van der Waals surface area contributed by atoms with Gasteiger partial charge in [-0.05, 0) is 74.9 Å². The van der Waals surface area contributed by atoms with E-state index in [9.17, 15) is 14.9 Å². The standard InChI is InChI=1S/C28H29N3O5/c1-19-16-22(20(2)31(19)14-15-34-4)17-23(18-29)28(33)35-21(3)27(32)30-24-10-12-26(13-11-24)36-25-8-6-5-7-9-25/h5-13,16-17,21H,14-15H2,1-4H3,(H,30,32)/b23-17+. The first-order valence-corrected chi connectivity index (χ1v) is 11.4. The molecule has 8 nitrogen and oxygen atoms in total. The number of esters is 1. The number of hydrogen-bond donors (Lipinski definition) is 1. The number of nitrogens with zero attached hydrogens (tertiary/aromatic N) is 2. The fraction of sp³-hybridized carbons (Fsp3) is 0.250. The zero-order chi connectivity index (χ0) is 26.1. The summed E-state index contributed by atoms with van der Waals surface area (Å²) in [7, 11) is 1.63. The lowest BCUT2D eigenvalue weighted by Gasteiger charge is -2.13. The van der Waals surface area contributed by atoms with Crippen LogP contribution in [0.5, 0.6) is 11.5 Å². The van der Waals surface area contributed by atoms with Crippen molar-refractivity contribution in [1.82, 2.24) is 4.57 Å². The Labute approximate surface area is 210 Å². The second-order valence-electron chi connectivity index (χ2n) is 8.12. The number of para-hydroxylation sites is 1. The van der Waals surface area contributed by atoms with Crippen LogP contribution in [0.4, 0.5) is 5.69 Å². The molecule has 186 valence electrons. The lowest BCUT2D eigenvalue weighted by atomic mass is 10.1. The molecule has 0 aliphatic heterocycles. The molecule has 1 N–H and O–H groups in total. The summed E-state index contributed by atoms with van der Waals surface area (Å²) >= 11 is 0. The highest BCUT2D eigenvalue weighted by Gasteiger charge is 2.21. The highest BCUT2D eigenvalue weighted by Crippen LogP contribution is 2.23. The first-order valence-electron chi connectivity index (χ1n) is 11.4. The molecule has 1 atom stereocenters. The number of amides is 1. The van der Waals surface area contributed by atoms with Gasteiger partial charge in [-0.25, -0.2) is 4.79 Å². The smallest absolute Gasteiger partial charge is 0.349 e. The third-order valence-electron chi connectivity index (χ3n) is 5.53. The molecule has 3 aromatic rings. The van der Waals surface area contributed by atoms with Crippen molar-refractivity contribution in [2.75, 3.05) is 19.0 Å². The van der Waals surface area contributed by atoms with Crippen LogP contribution in [-0.2, 0) is 25.6 Å². The van der Waals surface area contributed by atoms with Crippen LogP contribution in [-0.4, -0.2) is 36.3 Å². The molecule has 1 amide bonds. The molecule has 2 aromatic carbocycles. The van der Waals surface area contributed by atoms with Crippen LogP contribution >= 0.6 is 0 Å². The molecule has 0 radical (unpaired) electrons. The number of methoxy groups -OCH3 is 1. The number of carbonyl (C=O) groups is 2. The molecule has 8 heteroatoms. The Morgan fingerprint density at radius 1 is 1.08 bits per heavy atom. The maximum Gasteiger partial charge on any atom is 0.349 e. The van der Waals surface area contributed by atoms with Crippen molar-refractivity contribution in [1.29, 1.82) is 5.26 Å². The van der Waals surface area contributed by atoms with E-state index in [1.54, 1.807) is 31.4 Å². The zero-order valence-corrected chi connectivity index (χ0v) is 20.8. The first kappa shape index (κ1) is 26.3. The third-order valence-corrected chi connectivity index (χ3v) is 5.53. The number of anilines is 1. The number of aromatic nitrogens is 1. The molecule has 0 spiro atoms. The number of nitrogens with one attached hydrogen (secondary N) is 1. The molecule has 0 aliphatic rings. The van der Waals surface area contributed by atoms with Gasteiger partial charge in [-0.3, -0.25) is 4.79 Å². The maximum absolute atomic E-state index is 12.6. The lowest BCUT2D eigenvalue weighted by Crippen LogP contribution is -2.30. The summed E-state index contributed by atoms with van der Waals surface area (Å²) in [5, 5.41) is 12.2. The van der Waals surface area contributed by atoms with Gasteiger partial charge < -0.3 is 24.1 Å². The van der Waals surface area contributed by atoms with Crippen LogP contribution in [0.15, 0.2) is 66.2 Å². The minimum absolute atomic E-state index is 0.191. The van der Waals surface area contributed by atoms with Crippen molar-refractivity contribution >= 4 is 23.6 Å². The molecule has 0 saturated carbocycles. The molecule has 0 bridgehead atoms. The van der Waals surface area contributed by atoms with Crippen molar-refractivity contribution in [2.24, 2.45) is 0 Å². The van der Waals surface area contributed by atoms with Crippen LogP contribution in [0.1, 0.15) is 23.9 Å². The Balaban J connectivity index is 1.61. The van der Waals surface area contributed by atoms with E-state index in [1.807, 2.05) is 60.9 Å². The van der Waals surface area contributed by atoms with Gasteiger partial charge in [-0.1, -0.05) is 18.2 Å². The van der Waals surface area contributed by atoms with Gasteiger partial charge in [-0.15, -0.1) is 0 Å². The zero-order valence-electron chi connectivity index (χ0n) is 20.8. The van der Waals surface area contributed by atoms with Gasteiger partial charge in [-0.2, -0.15) is 5.26 Å². The Morgan fingerprint density at radius 3 is 2.39 bits per heavy atom. The van der Waals surface area contributed by atoms with Gasteiger partial charge >= 0.3 is 5.97 Å². The molecular formula is C28H29N3O5. The Hall–Kier alpha value is -4.35. The second kappa shape index (κ2) is 12.4. The predicted molar refractivity (Wildman–Crippen MR) is 137 cm³/mol. The summed E-state index contributed by atoms with van der Waals surface area (Å²) in [6.45, 7) is 6.50. The quantitative estimate of drug-likeness (QED) is 0.245. The average Bonchev–Trinajstić information content (AvgIpc) is 3.14. The lowest BCUT2D eigenvalue weighted by molar-refractivity contribution is -0.148. The van der Waals surface area contributed by atoms with Crippen molar-refractivity contribution < 1.29 is 23.8 Å². The predicted octanol–water partition coefficient (Wildman–Crippen LogP) is 5.02. The monoisotopic (exact) mass is 487 g/mol. The number of carbonyl (C=O) groups excluding carboxylic acids is 2. The van der Waals surface area contributed by atoms with Crippen molar-refractivity contribution in [3.05, 3.63) is 83.2 Å². The Morgan fingerprint density at radius 2 is 1.75 bits per heavy atom. The van der Waals surface area contributed by atoms with Crippen molar-refractivity contribution in [2.45, 2.75) is 33.4 Å². The van der Waals surface area contributed by atoms with E-state index in [4.69, 9.17) is 14.2 Å². The number of aryl methyl sites for hydroxylation is 1. The maximum atomic E-state index is 12.6. The van der Waals surface area contributed by atoms with Crippen molar-refractivity contribution in [3.63, 3.8) is 0 Å². The molecule has 0 saturated heterocycles. The van der Waals surface area contributed by atoms with E-state index in [-0.39, 0.29) is 5.57 Å². The molecule has 1 heterocycles. The largest absolute Gasteiger partial charge is 0.457 e. The van der Waals surface area contributed by atoms with Gasteiger partial charge in [0.25, 0.3) is 5.91 Å². The average molecular weight is 488 g/mol. The van der Waals surface area contributed by atoms with Gasteiger partial charge in [0.15, 0.2) is 6.10 Å². The number of nitriles is 1. The van der Waals surface area contributed by atoms with E-state index >= 15 is 0 Å². The van der Waals surface area contributed by atoms with Crippen LogP contribution in [0.3, 0.4) is 0 Å². The number of hydrogen-bond acceptors (Lipinski definition) is 6. The Bertz CT molecular complexity index is 1270. The van der Waals surface area contributed by atoms with E-state index in [1.165, 1.54) is 13.0 Å². The molecule has 3 rings (SSSR count). The van der Waals surface area contributed by atoms with Crippen molar-refractivity contribution in [3.8, 4) is 17.6 Å². The van der Waals surface area contributed by atoms with Crippen LogP contribution < -0.4 is 10.1 Å². The minimum Gasteiger partial charge on any atom is -0.457 e. The minimum atomic E-state index is -1.11. The fourth-order valence-electron chi connectivity index (χ4n) is 3.55. The summed E-state index contributed by atoms with van der Waals surface area (Å²) in [6.07, 6.45) is 0.368. The Kier molecular flexibility index (Phi) is 9.03. The van der Waals surface area contributed by atoms with Crippen LogP contribution in [0.25, 0.3) is 6.08 Å². The van der Waals surface area contributed by atoms with E-state index in [0.29, 0.717) is 30.3 Å². The number of ether oxygens (including phenoxy) is 3. The fourth-order valence-corrected chi connectivity index (χ4v) is 3.55. The summed E-state index contributed by atoms with van der Waals surface area (Å²) in [5.41, 5.74) is 2.93. The summed E-state index contributed by atoms with van der Waals surface area (Å²) in [4.78, 5) is 25.2. The van der Waals surface area contributed by atoms with E-state index < -0.39 is 18.0 Å². The summed E-state index contributed by atoms with van der Waals surface area (Å²) in [6, 6.07) is 19.9. The molecular weight excluding hydrogens is 458 g/mol. The molecule has 36 heavy (non-hydrogen) atoms. The van der Waals surface area contributed by atoms with E-state index in [2.05, 4.69) is 5.32 Å². The second-order valence-corrected chi connectivity index (χ2v) is 8.12. The first-order chi connectivity index (χ1) is 17.3. The number of benzene rings is 2. The molecule has 0 aliphatic carbocycles. The van der Waals surface area contributed by atoms with Gasteiger partial charge in [0.2, 0.25) is 0 Å². The number of rotatable bonds is 10. The van der Waals surface area contributed by atoms with Crippen LogP contribution in [0.2, 0.25) is 0 Å². The van der Waals surface area contributed by atoms with Gasteiger partial charge in [0.1, 0.15) is 23.1 Å². The summed E-state index contributed by atoms with van der Waals surface area (Å²) < 4.78 is 18.2. The highest BCUT2D eigenvalue weighted by molar-refractivity contribution is 6.01. The normalized spacial score (nSPS) is 11.9.